The van der Waals surface area contributed by atoms with Crippen LogP contribution in [0.25, 0.3) is 0 Å². The molecule has 0 atom stereocenters. The molecule has 17 heavy (non-hydrogen) atoms. The highest BCUT2D eigenvalue weighted by Crippen LogP contribution is 2.16. The van der Waals surface area contributed by atoms with Gasteiger partial charge >= 0.3 is 0 Å². The third kappa shape index (κ3) is 3.17. The Bertz CT molecular complexity index is 380. The van der Waals surface area contributed by atoms with Crippen LogP contribution in [0, 0.1) is 0 Å². The molecule has 0 aliphatic rings. The Morgan fingerprint density at radius 2 is 2.18 bits per heavy atom. The van der Waals surface area contributed by atoms with Crippen molar-refractivity contribution < 1.29 is 9.90 Å². The van der Waals surface area contributed by atoms with Gasteiger partial charge in [-0.05, 0) is 19.1 Å². The van der Waals surface area contributed by atoms with Crippen LogP contribution in [0.1, 0.15) is 17.3 Å². The lowest BCUT2D eigenvalue weighted by Gasteiger charge is -2.22. The molecule has 1 aromatic heterocycles. The Kier molecular flexibility index (Phi) is 4.90. The van der Waals surface area contributed by atoms with Crippen molar-refractivity contribution in [2.45, 2.75) is 6.92 Å². The lowest BCUT2D eigenvalue weighted by Crippen LogP contribution is -2.34. The van der Waals surface area contributed by atoms with Crippen molar-refractivity contribution in [1.29, 1.82) is 0 Å². The van der Waals surface area contributed by atoms with E-state index in [9.17, 15) is 4.79 Å². The highest BCUT2D eigenvalue weighted by Gasteiger charge is 2.18. The molecule has 0 aromatic carbocycles. The summed E-state index contributed by atoms with van der Waals surface area (Å²) >= 11 is 0. The summed E-state index contributed by atoms with van der Waals surface area (Å²) in [6.45, 7) is 2.77. The van der Waals surface area contributed by atoms with Gasteiger partial charge in [-0.3, -0.25) is 4.79 Å². The van der Waals surface area contributed by atoms with E-state index in [1.54, 1.807) is 28.1 Å². The molecule has 5 nitrogen and oxygen atoms in total. The fraction of sp³-hybridized carbons (Fsp3) is 0.500. The van der Waals surface area contributed by atoms with Crippen LogP contribution in [0.15, 0.2) is 18.3 Å². The monoisotopic (exact) mass is 237 g/mol. The number of nitrogens with zero attached hydrogens (tertiary/aromatic N) is 3. The Labute approximate surface area is 102 Å². The van der Waals surface area contributed by atoms with Gasteiger partial charge in [-0.25, -0.2) is 4.98 Å². The van der Waals surface area contributed by atoms with Crippen LogP contribution in [0.5, 0.6) is 0 Å². The number of amides is 1. The van der Waals surface area contributed by atoms with Crippen LogP contribution in [0.2, 0.25) is 0 Å². The van der Waals surface area contributed by atoms with E-state index in [4.69, 9.17) is 5.11 Å². The van der Waals surface area contributed by atoms with Gasteiger partial charge in [0.1, 0.15) is 5.82 Å². The minimum Gasteiger partial charge on any atom is -0.395 e. The van der Waals surface area contributed by atoms with Crippen LogP contribution >= 0.6 is 0 Å². The highest BCUT2D eigenvalue weighted by atomic mass is 16.3. The first-order valence-corrected chi connectivity index (χ1v) is 5.64. The van der Waals surface area contributed by atoms with Crippen LogP contribution in [-0.2, 0) is 0 Å². The number of carbonyl (C=O) groups is 1. The van der Waals surface area contributed by atoms with E-state index in [-0.39, 0.29) is 12.5 Å². The molecule has 1 N–H and O–H groups in total. The van der Waals surface area contributed by atoms with Crippen molar-refractivity contribution in [2.24, 2.45) is 0 Å². The zero-order valence-corrected chi connectivity index (χ0v) is 10.6. The molecule has 1 amide bonds. The second-order valence-corrected chi connectivity index (χ2v) is 3.88. The quantitative estimate of drug-likeness (QED) is 0.815. The van der Waals surface area contributed by atoms with Gasteiger partial charge in [0.2, 0.25) is 0 Å². The summed E-state index contributed by atoms with van der Waals surface area (Å²) in [4.78, 5) is 19.8. The number of aromatic nitrogens is 1. The molecule has 5 heteroatoms. The Morgan fingerprint density at radius 3 is 2.71 bits per heavy atom. The standard InChI is InChI=1S/C12H19N3O2/c1-4-15(8-9-16)12(17)10-6-5-7-13-11(10)14(2)3/h5-7,16H,4,8-9H2,1-3H3. The van der Waals surface area contributed by atoms with Crippen LogP contribution < -0.4 is 4.90 Å². The van der Waals surface area contributed by atoms with Crippen LogP contribution in [-0.4, -0.2) is 54.7 Å². The van der Waals surface area contributed by atoms with Crippen molar-refractivity contribution in [3.63, 3.8) is 0 Å². The van der Waals surface area contributed by atoms with E-state index in [0.29, 0.717) is 24.5 Å². The van der Waals surface area contributed by atoms with Crippen LogP contribution in [0.4, 0.5) is 5.82 Å². The topological polar surface area (TPSA) is 56.7 Å². The number of rotatable bonds is 5. The van der Waals surface area contributed by atoms with E-state index in [1.165, 1.54) is 0 Å². The summed E-state index contributed by atoms with van der Waals surface area (Å²) < 4.78 is 0. The molecular formula is C12H19N3O2. The average molecular weight is 237 g/mol. The van der Waals surface area contributed by atoms with E-state index in [2.05, 4.69) is 4.98 Å². The normalized spacial score (nSPS) is 10.1. The molecule has 0 unspecified atom stereocenters. The van der Waals surface area contributed by atoms with Crippen molar-refractivity contribution in [3.8, 4) is 0 Å². The molecular weight excluding hydrogens is 218 g/mol. The number of pyridine rings is 1. The number of anilines is 1. The minimum atomic E-state index is -0.0987. The second-order valence-electron chi connectivity index (χ2n) is 3.88. The largest absolute Gasteiger partial charge is 0.395 e. The van der Waals surface area contributed by atoms with Gasteiger partial charge in [0.05, 0.1) is 12.2 Å². The SMILES string of the molecule is CCN(CCO)C(=O)c1cccnc1N(C)C. The molecule has 0 bridgehead atoms. The summed E-state index contributed by atoms with van der Waals surface area (Å²) in [6.07, 6.45) is 1.66. The van der Waals surface area contributed by atoms with Gasteiger partial charge in [-0.2, -0.15) is 0 Å². The van der Waals surface area contributed by atoms with Gasteiger partial charge in [-0.1, -0.05) is 0 Å². The molecule has 1 aromatic rings. The van der Waals surface area contributed by atoms with Crippen molar-refractivity contribution in [1.82, 2.24) is 9.88 Å². The molecule has 0 saturated carbocycles. The number of aliphatic hydroxyl groups is 1. The molecule has 1 rings (SSSR count). The molecule has 1 heterocycles. The number of likely N-dealkylation sites (N-methyl/N-ethyl adjacent to an activating group) is 1. The van der Waals surface area contributed by atoms with Crippen LogP contribution in [0.3, 0.4) is 0 Å². The first kappa shape index (κ1) is 13.4. The number of hydrogen-bond donors (Lipinski definition) is 1. The zero-order chi connectivity index (χ0) is 12.8. The van der Waals surface area contributed by atoms with E-state index < -0.39 is 0 Å². The van der Waals surface area contributed by atoms with E-state index in [1.807, 2.05) is 21.0 Å². The zero-order valence-electron chi connectivity index (χ0n) is 10.6. The average Bonchev–Trinajstić information content (AvgIpc) is 2.35. The van der Waals surface area contributed by atoms with Crippen molar-refractivity contribution >= 4 is 11.7 Å². The van der Waals surface area contributed by atoms with Gasteiger partial charge in [0, 0.05) is 33.4 Å². The summed E-state index contributed by atoms with van der Waals surface area (Å²) in [5.74, 6) is 0.548. The van der Waals surface area contributed by atoms with Crippen molar-refractivity contribution in [3.05, 3.63) is 23.9 Å². The maximum Gasteiger partial charge on any atom is 0.257 e. The van der Waals surface area contributed by atoms with E-state index >= 15 is 0 Å². The van der Waals surface area contributed by atoms with Gasteiger partial charge in [0.25, 0.3) is 5.91 Å². The predicted molar refractivity (Wildman–Crippen MR) is 67.2 cm³/mol. The summed E-state index contributed by atoms with van der Waals surface area (Å²) in [5, 5.41) is 8.92. The summed E-state index contributed by atoms with van der Waals surface area (Å²) in [5.41, 5.74) is 0.563. The van der Waals surface area contributed by atoms with Gasteiger partial charge < -0.3 is 14.9 Å². The number of carbonyl (C=O) groups excluding carboxylic acids is 1. The summed E-state index contributed by atoms with van der Waals surface area (Å²) in [6, 6.07) is 3.50. The first-order chi connectivity index (χ1) is 8.11. The Balaban J connectivity index is 3.02. The molecule has 0 aliphatic carbocycles. The molecule has 0 radical (unpaired) electrons. The minimum absolute atomic E-state index is 0.0306. The molecule has 0 aliphatic heterocycles. The summed E-state index contributed by atoms with van der Waals surface area (Å²) in [7, 11) is 3.70. The Hall–Kier alpha value is -1.62. The lowest BCUT2D eigenvalue weighted by molar-refractivity contribution is 0.0732. The highest BCUT2D eigenvalue weighted by molar-refractivity contribution is 5.98. The smallest absolute Gasteiger partial charge is 0.257 e. The molecule has 94 valence electrons. The third-order valence-electron chi connectivity index (χ3n) is 2.48. The van der Waals surface area contributed by atoms with Crippen molar-refractivity contribution in [2.75, 3.05) is 38.7 Å². The van der Waals surface area contributed by atoms with E-state index in [0.717, 1.165) is 0 Å². The molecule has 0 fully saturated rings. The lowest BCUT2D eigenvalue weighted by atomic mass is 10.2. The molecule has 0 spiro atoms. The van der Waals surface area contributed by atoms with Gasteiger partial charge in [0.15, 0.2) is 0 Å². The predicted octanol–water partition coefficient (Wildman–Crippen LogP) is 0.602. The van der Waals surface area contributed by atoms with Gasteiger partial charge in [-0.15, -0.1) is 0 Å². The maximum atomic E-state index is 12.2. The fourth-order valence-corrected chi connectivity index (χ4v) is 1.61. The number of aliphatic hydroxyl groups excluding tert-OH is 1. The Morgan fingerprint density at radius 1 is 1.47 bits per heavy atom. The molecule has 0 saturated heterocycles. The number of hydrogen-bond acceptors (Lipinski definition) is 4. The maximum absolute atomic E-state index is 12.2. The first-order valence-electron chi connectivity index (χ1n) is 5.64. The fourth-order valence-electron chi connectivity index (χ4n) is 1.61. The third-order valence-corrected chi connectivity index (χ3v) is 2.48. The second kappa shape index (κ2) is 6.20.